The van der Waals surface area contributed by atoms with E-state index in [-0.39, 0.29) is 22.0 Å². The van der Waals surface area contributed by atoms with Gasteiger partial charge in [0.1, 0.15) is 6.07 Å². The zero-order chi connectivity index (χ0) is 20.3. The SMILES string of the molecule is Cc1cc(C)n(-c2ccc(CCNS(=O)(=O)c3ccc(C#N)c(Cl)c3)cc2)n1. The van der Waals surface area contributed by atoms with Gasteiger partial charge in [-0.2, -0.15) is 10.4 Å². The molecule has 28 heavy (non-hydrogen) atoms. The summed E-state index contributed by atoms with van der Waals surface area (Å²) in [5.41, 5.74) is 4.22. The standard InChI is InChI=1S/C20H19ClN4O2S/c1-14-11-15(2)25(24-14)18-6-3-16(4-7-18)9-10-23-28(26,27)19-8-5-17(13-22)20(21)12-19/h3-8,11-12,23H,9-10H2,1-2H3. The van der Waals surface area contributed by atoms with Gasteiger partial charge in [0.15, 0.2) is 0 Å². The quantitative estimate of drug-likeness (QED) is 0.668. The van der Waals surface area contributed by atoms with Gasteiger partial charge in [-0.25, -0.2) is 17.8 Å². The Balaban J connectivity index is 1.64. The van der Waals surface area contributed by atoms with Crippen LogP contribution < -0.4 is 4.72 Å². The summed E-state index contributed by atoms with van der Waals surface area (Å²) in [6.07, 6.45) is 0.542. The maximum absolute atomic E-state index is 12.4. The number of rotatable bonds is 6. The van der Waals surface area contributed by atoms with Crippen molar-refractivity contribution in [2.75, 3.05) is 6.54 Å². The van der Waals surface area contributed by atoms with Crippen molar-refractivity contribution in [3.63, 3.8) is 0 Å². The van der Waals surface area contributed by atoms with E-state index in [2.05, 4.69) is 9.82 Å². The molecule has 0 aliphatic rings. The molecule has 0 unspecified atom stereocenters. The summed E-state index contributed by atoms with van der Waals surface area (Å²) in [6, 6.07) is 15.8. The van der Waals surface area contributed by atoms with Crippen molar-refractivity contribution in [2.24, 2.45) is 0 Å². The topological polar surface area (TPSA) is 87.8 Å². The molecule has 0 atom stereocenters. The first-order valence-electron chi connectivity index (χ1n) is 8.62. The van der Waals surface area contributed by atoms with E-state index in [4.69, 9.17) is 16.9 Å². The first kappa shape index (κ1) is 20.1. The molecule has 0 fully saturated rings. The van der Waals surface area contributed by atoms with Crippen molar-refractivity contribution < 1.29 is 8.42 Å². The largest absolute Gasteiger partial charge is 0.240 e. The first-order chi connectivity index (χ1) is 13.3. The molecule has 0 saturated carbocycles. The fraction of sp³-hybridized carbons (Fsp3) is 0.200. The van der Waals surface area contributed by atoms with E-state index >= 15 is 0 Å². The number of benzene rings is 2. The fourth-order valence-corrected chi connectivity index (χ4v) is 4.21. The van der Waals surface area contributed by atoms with Crippen molar-refractivity contribution in [1.29, 1.82) is 5.26 Å². The lowest BCUT2D eigenvalue weighted by Crippen LogP contribution is -2.26. The molecule has 0 spiro atoms. The summed E-state index contributed by atoms with van der Waals surface area (Å²) in [6.45, 7) is 4.20. The van der Waals surface area contributed by atoms with Gasteiger partial charge in [0, 0.05) is 12.2 Å². The van der Waals surface area contributed by atoms with E-state index in [0.717, 1.165) is 22.6 Å². The summed E-state index contributed by atoms with van der Waals surface area (Å²) >= 11 is 5.92. The minimum absolute atomic E-state index is 0.0383. The Morgan fingerprint density at radius 3 is 2.43 bits per heavy atom. The lowest BCUT2D eigenvalue weighted by molar-refractivity contribution is 0.581. The van der Waals surface area contributed by atoms with Crippen molar-refractivity contribution in [3.8, 4) is 11.8 Å². The Hall–Kier alpha value is -2.66. The molecule has 0 saturated heterocycles. The molecule has 2 aromatic carbocycles. The highest BCUT2D eigenvalue weighted by Crippen LogP contribution is 2.20. The highest BCUT2D eigenvalue weighted by Gasteiger charge is 2.15. The number of nitrogens with zero attached hydrogens (tertiary/aromatic N) is 3. The Bertz CT molecular complexity index is 1150. The first-order valence-corrected chi connectivity index (χ1v) is 10.5. The number of aryl methyl sites for hydroxylation is 2. The van der Waals surface area contributed by atoms with Crippen LogP contribution in [0.5, 0.6) is 0 Å². The van der Waals surface area contributed by atoms with Crippen molar-refractivity contribution in [3.05, 3.63) is 76.1 Å². The molecule has 1 aromatic heterocycles. The van der Waals surface area contributed by atoms with Crippen LogP contribution in [0.1, 0.15) is 22.5 Å². The van der Waals surface area contributed by atoms with Crippen LogP contribution in [0.15, 0.2) is 53.4 Å². The van der Waals surface area contributed by atoms with Crippen molar-refractivity contribution >= 4 is 21.6 Å². The number of aromatic nitrogens is 2. The maximum Gasteiger partial charge on any atom is 0.240 e. The van der Waals surface area contributed by atoms with Crippen LogP contribution >= 0.6 is 11.6 Å². The van der Waals surface area contributed by atoms with Gasteiger partial charge in [-0.3, -0.25) is 0 Å². The summed E-state index contributed by atoms with van der Waals surface area (Å²) in [4.78, 5) is 0.0383. The second kappa shape index (κ2) is 8.15. The van der Waals surface area contributed by atoms with E-state index < -0.39 is 10.0 Å². The highest BCUT2D eigenvalue weighted by molar-refractivity contribution is 7.89. The van der Waals surface area contributed by atoms with Crippen LogP contribution in [0.4, 0.5) is 0 Å². The van der Waals surface area contributed by atoms with E-state index in [1.165, 1.54) is 18.2 Å². The van der Waals surface area contributed by atoms with Crippen LogP contribution in [0, 0.1) is 25.2 Å². The Morgan fingerprint density at radius 2 is 1.86 bits per heavy atom. The monoisotopic (exact) mass is 414 g/mol. The average Bonchev–Trinajstić information content (AvgIpc) is 3.00. The second-order valence-corrected chi connectivity index (χ2v) is 8.58. The van der Waals surface area contributed by atoms with Crippen LogP contribution in [0.3, 0.4) is 0 Å². The molecular formula is C20H19ClN4O2S. The van der Waals surface area contributed by atoms with Gasteiger partial charge in [-0.15, -0.1) is 0 Å². The van der Waals surface area contributed by atoms with Crippen molar-refractivity contribution in [1.82, 2.24) is 14.5 Å². The molecule has 6 nitrogen and oxygen atoms in total. The minimum atomic E-state index is -3.69. The molecular weight excluding hydrogens is 396 g/mol. The Morgan fingerprint density at radius 1 is 1.14 bits per heavy atom. The normalized spacial score (nSPS) is 11.4. The van der Waals surface area contributed by atoms with Crippen LogP contribution in [-0.2, 0) is 16.4 Å². The van der Waals surface area contributed by atoms with Gasteiger partial charge >= 0.3 is 0 Å². The Labute approximate surface area is 169 Å². The molecule has 3 aromatic rings. The molecule has 8 heteroatoms. The van der Waals surface area contributed by atoms with E-state index in [9.17, 15) is 8.42 Å². The number of hydrogen-bond acceptors (Lipinski definition) is 4. The van der Waals surface area contributed by atoms with Gasteiger partial charge in [0.2, 0.25) is 10.0 Å². The summed E-state index contributed by atoms with van der Waals surface area (Å²) < 4.78 is 29.2. The molecule has 0 amide bonds. The van der Waals surface area contributed by atoms with E-state index in [1.807, 2.05) is 54.9 Å². The number of nitriles is 1. The molecule has 1 N–H and O–H groups in total. The molecule has 0 aliphatic heterocycles. The molecule has 0 radical (unpaired) electrons. The number of hydrogen-bond donors (Lipinski definition) is 1. The van der Waals surface area contributed by atoms with Gasteiger partial charge < -0.3 is 0 Å². The zero-order valence-electron chi connectivity index (χ0n) is 15.5. The molecule has 144 valence electrons. The van der Waals surface area contributed by atoms with Gasteiger partial charge in [-0.1, -0.05) is 23.7 Å². The summed E-state index contributed by atoms with van der Waals surface area (Å²) in [5.74, 6) is 0. The smallest absolute Gasteiger partial charge is 0.238 e. The van der Waals surface area contributed by atoms with Gasteiger partial charge in [-0.05, 0) is 62.2 Å². The summed E-state index contributed by atoms with van der Waals surface area (Å²) in [5, 5.41) is 13.5. The predicted octanol–water partition coefficient (Wildman–Crippen LogP) is 3.54. The third-order valence-electron chi connectivity index (χ3n) is 4.27. The lowest BCUT2D eigenvalue weighted by atomic mass is 10.1. The number of sulfonamides is 1. The number of halogens is 1. The van der Waals surface area contributed by atoms with E-state index in [1.54, 1.807) is 0 Å². The average molecular weight is 415 g/mol. The highest BCUT2D eigenvalue weighted by atomic mass is 35.5. The molecule has 1 heterocycles. The molecule has 3 rings (SSSR count). The Kier molecular flexibility index (Phi) is 5.84. The van der Waals surface area contributed by atoms with E-state index in [0.29, 0.717) is 6.42 Å². The predicted molar refractivity (Wildman–Crippen MR) is 108 cm³/mol. The third kappa shape index (κ3) is 4.42. The fourth-order valence-electron chi connectivity index (χ4n) is 2.86. The maximum atomic E-state index is 12.4. The molecule has 0 bridgehead atoms. The number of nitrogens with one attached hydrogen (secondary N) is 1. The third-order valence-corrected chi connectivity index (χ3v) is 6.04. The molecule has 0 aliphatic carbocycles. The van der Waals surface area contributed by atoms with Crippen LogP contribution in [0.2, 0.25) is 5.02 Å². The zero-order valence-corrected chi connectivity index (χ0v) is 17.0. The van der Waals surface area contributed by atoms with Gasteiger partial charge in [0.05, 0.1) is 26.9 Å². The minimum Gasteiger partial charge on any atom is -0.238 e. The second-order valence-electron chi connectivity index (χ2n) is 6.41. The summed E-state index contributed by atoms with van der Waals surface area (Å²) in [7, 11) is -3.69. The van der Waals surface area contributed by atoms with Crippen LogP contribution in [-0.4, -0.2) is 24.7 Å². The lowest BCUT2D eigenvalue weighted by Gasteiger charge is -2.09. The van der Waals surface area contributed by atoms with Crippen molar-refractivity contribution in [2.45, 2.75) is 25.2 Å². The van der Waals surface area contributed by atoms with Crippen LogP contribution in [0.25, 0.3) is 5.69 Å². The van der Waals surface area contributed by atoms with Gasteiger partial charge in [0.25, 0.3) is 0 Å².